The monoisotopic (exact) mass is 483 g/mol. The van der Waals surface area contributed by atoms with E-state index in [2.05, 4.69) is 21.2 Å². The molecule has 0 aromatic heterocycles. The zero-order valence-electron chi connectivity index (χ0n) is 16.2. The van der Waals surface area contributed by atoms with Gasteiger partial charge in [0.15, 0.2) is 5.57 Å². The van der Waals surface area contributed by atoms with Gasteiger partial charge in [0.2, 0.25) is 5.88 Å². The van der Waals surface area contributed by atoms with Crippen LogP contribution in [0.3, 0.4) is 0 Å². The van der Waals surface area contributed by atoms with E-state index < -0.39 is 41.6 Å². The predicted molar refractivity (Wildman–Crippen MR) is 109 cm³/mol. The number of aliphatic hydroxyl groups is 1. The molecule has 0 atom stereocenters. The van der Waals surface area contributed by atoms with Gasteiger partial charge in [0.1, 0.15) is 12.4 Å². The van der Waals surface area contributed by atoms with Crippen LogP contribution in [0.2, 0.25) is 0 Å². The van der Waals surface area contributed by atoms with E-state index in [-0.39, 0.29) is 19.3 Å². The molecule has 1 saturated carbocycles. The van der Waals surface area contributed by atoms with Gasteiger partial charge in [-0.05, 0) is 36.6 Å². The summed E-state index contributed by atoms with van der Waals surface area (Å²) in [5.41, 5.74) is 0.0328. The lowest BCUT2D eigenvalue weighted by molar-refractivity contribution is -0.141. The van der Waals surface area contributed by atoms with Crippen LogP contribution in [0.15, 0.2) is 34.1 Å². The molecule has 0 radical (unpaired) electrons. The van der Waals surface area contributed by atoms with E-state index in [4.69, 9.17) is 5.11 Å². The summed E-state index contributed by atoms with van der Waals surface area (Å²) in [4.78, 5) is 39.3. The first-order valence-corrected chi connectivity index (χ1v) is 10.5. The lowest BCUT2D eigenvalue weighted by Crippen LogP contribution is -2.54. The average molecular weight is 484 g/mol. The molecule has 0 saturated heterocycles. The van der Waals surface area contributed by atoms with E-state index in [1.165, 1.54) is 17.0 Å². The number of benzene rings is 1. The van der Waals surface area contributed by atoms with Gasteiger partial charge in [-0.1, -0.05) is 35.2 Å². The molecule has 2 amide bonds. The van der Waals surface area contributed by atoms with Gasteiger partial charge in [-0.25, -0.2) is 4.39 Å². The molecule has 1 heterocycles. The van der Waals surface area contributed by atoms with Crippen LogP contribution >= 0.6 is 15.9 Å². The number of nitrogens with one attached hydrogen (secondary N) is 1. The minimum atomic E-state index is -1.27. The van der Waals surface area contributed by atoms with Crippen molar-refractivity contribution < 1.29 is 29.0 Å². The van der Waals surface area contributed by atoms with Crippen LogP contribution < -0.4 is 5.32 Å². The summed E-state index contributed by atoms with van der Waals surface area (Å²) in [5, 5.41) is 21.7. The summed E-state index contributed by atoms with van der Waals surface area (Å²) in [5.74, 6) is -3.85. The Morgan fingerprint density at radius 3 is 2.60 bits per heavy atom. The standard InChI is InChI=1S/C20H23BrFN3O5/c21-15-7-6-13(22)8-12(15)10-24-11-25(14-4-2-1-3-5-14)20(30)17(19(24)29)18(28)23-9-16(26)27/h6-8,14,29H,1-5,9-11H2,(H,23,28)(H,26,27). The molecule has 30 heavy (non-hydrogen) atoms. The van der Waals surface area contributed by atoms with E-state index in [0.29, 0.717) is 10.0 Å². The quantitative estimate of drug-likeness (QED) is 0.536. The summed E-state index contributed by atoms with van der Waals surface area (Å²) < 4.78 is 14.3. The van der Waals surface area contributed by atoms with Gasteiger partial charge in [-0.15, -0.1) is 0 Å². The number of nitrogens with zero attached hydrogens (tertiary/aromatic N) is 2. The third-order valence-electron chi connectivity index (χ3n) is 5.33. The summed E-state index contributed by atoms with van der Waals surface area (Å²) in [6.45, 7) is -0.577. The van der Waals surface area contributed by atoms with Gasteiger partial charge in [0.25, 0.3) is 11.8 Å². The highest BCUT2D eigenvalue weighted by Gasteiger charge is 2.39. The van der Waals surface area contributed by atoms with Crippen molar-refractivity contribution >= 4 is 33.7 Å². The molecule has 1 aromatic rings. The molecule has 10 heteroatoms. The maximum absolute atomic E-state index is 13.7. The second-order valence-electron chi connectivity index (χ2n) is 7.42. The van der Waals surface area contributed by atoms with Gasteiger partial charge in [0.05, 0.1) is 6.67 Å². The number of aliphatic hydroxyl groups excluding tert-OH is 1. The van der Waals surface area contributed by atoms with Gasteiger partial charge in [-0.2, -0.15) is 0 Å². The van der Waals surface area contributed by atoms with Gasteiger partial charge in [-0.3, -0.25) is 14.4 Å². The van der Waals surface area contributed by atoms with Crippen molar-refractivity contribution in [1.82, 2.24) is 15.1 Å². The molecule has 1 aliphatic carbocycles. The maximum atomic E-state index is 13.7. The lowest BCUT2D eigenvalue weighted by atomic mass is 9.93. The number of amides is 2. The normalized spacial score (nSPS) is 18.0. The third kappa shape index (κ3) is 4.92. The van der Waals surface area contributed by atoms with Crippen molar-refractivity contribution in [2.75, 3.05) is 13.2 Å². The maximum Gasteiger partial charge on any atom is 0.322 e. The molecular weight excluding hydrogens is 461 g/mol. The number of carbonyl (C=O) groups is 3. The Kier molecular flexibility index (Phi) is 6.96. The minimum Gasteiger partial charge on any atom is -0.494 e. The van der Waals surface area contributed by atoms with E-state index in [1.54, 1.807) is 11.0 Å². The highest BCUT2D eigenvalue weighted by molar-refractivity contribution is 9.10. The summed E-state index contributed by atoms with van der Waals surface area (Å²) in [6.07, 6.45) is 4.56. The highest BCUT2D eigenvalue weighted by atomic mass is 79.9. The van der Waals surface area contributed by atoms with Gasteiger partial charge < -0.3 is 25.3 Å². The van der Waals surface area contributed by atoms with E-state index >= 15 is 0 Å². The van der Waals surface area contributed by atoms with Crippen molar-refractivity contribution in [3.05, 3.63) is 45.5 Å². The number of halogens is 2. The number of hydrogen-bond acceptors (Lipinski definition) is 5. The lowest BCUT2D eigenvalue weighted by Gasteiger charge is -2.42. The third-order valence-corrected chi connectivity index (χ3v) is 6.11. The van der Waals surface area contributed by atoms with Crippen molar-refractivity contribution in [3.8, 4) is 0 Å². The predicted octanol–water partition coefficient (Wildman–Crippen LogP) is 2.49. The van der Waals surface area contributed by atoms with Crippen LogP contribution in [-0.2, 0) is 20.9 Å². The summed E-state index contributed by atoms with van der Waals surface area (Å²) in [6, 6.07) is 4.06. The number of carboxylic acids is 1. The Labute approximate surface area is 181 Å². The first kappa shape index (κ1) is 22.1. The summed E-state index contributed by atoms with van der Waals surface area (Å²) in [7, 11) is 0. The molecule has 3 rings (SSSR count). The van der Waals surface area contributed by atoms with Crippen molar-refractivity contribution in [1.29, 1.82) is 0 Å². The highest BCUT2D eigenvalue weighted by Crippen LogP contribution is 2.30. The summed E-state index contributed by atoms with van der Waals surface area (Å²) >= 11 is 3.35. The van der Waals surface area contributed by atoms with Crippen LogP contribution in [-0.4, -0.2) is 57.1 Å². The topological polar surface area (TPSA) is 110 Å². The molecule has 1 aromatic carbocycles. The molecule has 162 valence electrons. The number of hydrogen-bond donors (Lipinski definition) is 3. The largest absolute Gasteiger partial charge is 0.494 e. The van der Waals surface area contributed by atoms with E-state index in [1.807, 2.05) is 0 Å². The Hall–Kier alpha value is -2.62. The number of carboxylic acid groups (broad SMARTS) is 1. The number of carbonyl (C=O) groups excluding carboxylic acids is 2. The molecule has 0 bridgehead atoms. The average Bonchev–Trinajstić information content (AvgIpc) is 2.71. The van der Waals surface area contributed by atoms with Crippen molar-refractivity contribution in [3.63, 3.8) is 0 Å². The van der Waals surface area contributed by atoms with Crippen molar-refractivity contribution in [2.45, 2.75) is 44.7 Å². The Balaban J connectivity index is 1.94. The van der Waals surface area contributed by atoms with Crippen LogP contribution in [0.1, 0.15) is 37.7 Å². The van der Waals surface area contributed by atoms with Crippen LogP contribution in [0.5, 0.6) is 0 Å². The Bertz CT molecular complexity index is 885. The number of rotatable bonds is 6. The van der Waals surface area contributed by atoms with Crippen LogP contribution in [0, 0.1) is 5.82 Å². The minimum absolute atomic E-state index is 0.0496. The fourth-order valence-corrected chi connectivity index (χ4v) is 4.20. The molecule has 1 fully saturated rings. The van der Waals surface area contributed by atoms with Crippen molar-refractivity contribution in [2.24, 2.45) is 0 Å². The number of aliphatic carboxylic acids is 1. The van der Waals surface area contributed by atoms with Gasteiger partial charge >= 0.3 is 5.97 Å². The fourth-order valence-electron chi connectivity index (χ4n) is 3.82. The zero-order chi connectivity index (χ0) is 21.8. The van der Waals surface area contributed by atoms with E-state index in [0.717, 1.165) is 32.1 Å². The fraction of sp³-hybridized carbons (Fsp3) is 0.450. The van der Waals surface area contributed by atoms with Crippen LogP contribution in [0.25, 0.3) is 0 Å². The molecular formula is C20H23BrFN3O5. The molecule has 2 aliphatic rings. The first-order chi connectivity index (χ1) is 14.3. The molecule has 1 aliphatic heterocycles. The molecule has 8 nitrogen and oxygen atoms in total. The van der Waals surface area contributed by atoms with Gasteiger partial charge in [0, 0.05) is 17.1 Å². The SMILES string of the molecule is O=C(O)CNC(=O)C1=C(O)N(Cc2cc(F)ccc2Br)CN(C2CCCCC2)C1=O. The Morgan fingerprint density at radius 1 is 1.23 bits per heavy atom. The second-order valence-corrected chi connectivity index (χ2v) is 8.27. The smallest absolute Gasteiger partial charge is 0.322 e. The van der Waals surface area contributed by atoms with E-state index in [9.17, 15) is 23.9 Å². The Morgan fingerprint density at radius 2 is 1.93 bits per heavy atom. The molecule has 0 unspecified atom stereocenters. The zero-order valence-corrected chi connectivity index (χ0v) is 17.8. The molecule has 0 spiro atoms. The second kappa shape index (κ2) is 9.46. The van der Waals surface area contributed by atoms with Crippen LogP contribution in [0.4, 0.5) is 4.39 Å². The molecule has 3 N–H and O–H groups in total. The first-order valence-electron chi connectivity index (χ1n) is 9.71.